The molecule has 98 heavy (non-hydrogen) atoms. The summed E-state index contributed by atoms with van der Waals surface area (Å²) in [5.74, 6) is -0.454. The third kappa shape index (κ3) is 12.6. The minimum atomic E-state index is -1.00. The molecule has 0 amide bonds. The lowest BCUT2D eigenvalue weighted by Crippen LogP contribution is -2.29. The molecule has 8 nitrogen and oxygen atoms in total. The quantitative estimate of drug-likeness (QED) is 0.0504. The molecule has 9 heteroatoms. The standard InChI is InChI=1S/C89H59O8S/c90-85(68-33-25-64(26-34-68)60-15-5-1-6-16-60)94-74-45-41-72(42-46-74)89(73-43-47-75(48-44-73)95-86(91)69-35-27-65(28-36-69)61-17-7-2-8-18-61)83-24-14-13-23-81(83)82-58-57-80(59-84(82)89)98(78-53-49-76(50-54-78)96-87(92)70-37-29-66(30-38-70)62-19-9-3-10-20-62)79-55-51-77(52-56-79)97-88(93)71-39-31-67(32-40-71)63-21-11-4-12-22-63/h1-59H/q+1. The van der Waals surface area contributed by atoms with E-state index >= 15 is 0 Å². The van der Waals surface area contributed by atoms with E-state index in [2.05, 4.69) is 30.3 Å². The van der Waals surface area contributed by atoms with Crippen LogP contribution in [0.4, 0.5) is 0 Å². The highest BCUT2D eigenvalue weighted by Gasteiger charge is 2.47. The Bertz CT molecular complexity index is 4900. The molecule has 1 aliphatic carbocycles. The summed E-state index contributed by atoms with van der Waals surface area (Å²) in [6.45, 7) is 0. The van der Waals surface area contributed by atoms with E-state index in [9.17, 15) is 19.2 Å². The van der Waals surface area contributed by atoms with E-state index in [0.29, 0.717) is 45.3 Å². The maximum atomic E-state index is 13.9. The van der Waals surface area contributed by atoms with Crippen molar-refractivity contribution in [3.63, 3.8) is 0 Å². The third-order valence-corrected chi connectivity index (χ3v) is 19.9. The van der Waals surface area contributed by atoms with Crippen molar-refractivity contribution in [2.45, 2.75) is 20.1 Å². The molecule has 0 aliphatic heterocycles. The van der Waals surface area contributed by atoms with Gasteiger partial charge in [-0.1, -0.05) is 218 Å². The molecular weight excluding hydrogens is 1230 g/mol. The highest BCUT2D eigenvalue weighted by Crippen LogP contribution is 2.57. The lowest BCUT2D eigenvalue weighted by Gasteiger charge is -2.34. The van der Waals surface area contributed by atoms with Crippen molar-refractivity contribution in [1.82, 2.24) is 0 Å². The Morgan fingerprint density at radius 1 is 0.224 bits per heavy atom. The Hall–Kier alpha value is -12.7. The van der Waals surface area contributed by atoms with Gasteiger partial charge in [-0.25, -0.2) is 19.2 Å². The molecule has 0 radical (unpaired) electrons. The van der Waals surface area contributed by atoms with Crippen LogP contribution >= 0.6 is 0 Å². The Labute approximate surface area is 570 Å². The third-order valence-electron chi connectivity index (χ3n) is 17.7. The first kappa shape index (κ1) is 61.5. The average molecular weight is 1290 g/mol. The maximum absolute atomic E-state index is 13.9. The van der Waals surface area contributed by atoms with Crippen LogP contribution in [0.5, 0.6) is 23.0 Å². The zero-order valence-corrected chi connectivity index (χ0v) is 53.6. The van der Waals surface area contributed by atoms with Crippen LogP contribution in [0.1, 0.15) is 63.7 Å². The van der Waals surface area contributed by atoms with E-state index in [1.54, 1.807) is 48.5 Å². The Balaban J connectivity index is 0.796. The number of fused-ring (bicyclic) bond motifs is 3. The average Bonchev–Trinajstić information content (AvgIpc) is 1.53. The molecule has 1 aliphatic rings. The van der Waals surface area contributed by atoms with E-state index in [0.717, 1.165) is 92.6 Å². The molecule has 0 saturated heterocycles. The lowest BCUT2D eigenvalue weighted by molar-refractivity contribution is 0.0725. The van der Waals surface area contributed by atoms with Crippen LogP contribution in [0.3, 0.4) is 0 Å². The van der Waals surface area contributed by atoms with Crippen LogP contribution < -0.4 is 18.9 Å². The van der Waals surface area contributed by atoms with Crippen molar-refractivity contribution in [2.75, 3.05) is 0 Å². The molecule has 0 fully saturated rings. The summed E-state index contributed by atoms with van der Waals surface area (Å²) in [5, 5.41) is 0. The molecule has 14 aromatic carbocycles. The summed E-state index contributed by atoms with van der Waals surface area (Å²) >= 11 is 0. The summed E-state index contributed by atoms with van der Waals surface area (Å²) in [7, 11) is -0.852. The molecule has 468 valence electrons. The number of hydrogen-bond acceptors (Lipinski definition) is 8. The van der Waals surface area contributed by atoms with Gasteiger partial charge in [-0.3, -0.25) is 0 Å². The summed E-state index contributed by atoms with van der Waals surface area (Å²) < 4.78 is 24.3. The number of esters is 4. The minimum absolute atomic E-state index is 0.368. The predicted molar refractivity (Wildman–Crippen MR) is 386 cm³/mol. The van der Waals surface area contributed by atoms with Gasteiger partial charge in [-0.05, 0) is 217 Å². The molecule has 0 N–H and O–H groups in total. The first-order valence-corrected chi connectivity index (χ1v) is 33.3. The fourth-order valence-corrected chi connectivity index (χ4v) is 14.9. The molecule has 0 unspecified atom stereocenters. The minimum Gasteiger partial charge on any atom is -0.423 e. The van der Waals surface area contributed by atoms with Crippen LogP contribution in [-0.2, 0) is 16.3 Å². The summed E-state index contributed by atoms with van der Waals surface area (Å²) in [5.41, 5.74) is 14.6. The monoisotopic (exact) mass is 1290 g/mol. The van der Waals surface area contributed by atoms with Crippen molar-refractivity contribution in [1.29, 1.82) is 0 Å². The zero-order chi connectivity index (χ0) is 66.4. The molecule has 14 aromatic rings. The molecule has 0 bridgehead atoms. The molecule has 0 atom stereocenters. The van der Waals surface area contributed by atoms with Gasteiger partial charge in [-0.15, -0.1) is 0 Å². The van der Waals surface area contributed by atoms with Crippen molar-refractivity contribution in [3.05, 3.63) is 402 Å². The number of benzene rings is 14. The molecule has 0 heterocycles. The molecular formula is C89H59O8S+. The smallest absolute Gasteiger partial charge is 0.343 e. The van der Waals surface area contributed by atoms with Crippen LogP contribution in [-0.4, -0.2) is 23.9 Å². The molecule has 0 spiro atoms. The van der Waals surface area contributed by atoms with Gasteiger partial charge in [0.2, 0.25) is 0 Å². The number of ether oxygens (including phenoxy) is 4. The van der Waals surface area contributed by atoms with Crippen molar-refractivity contribution >= 4 is 34.8 Å². The van der Waals surface area contributed by atoms with Crippen molar-refractivity contribution < 1.29 is 38.1 Å². The van der Waals surface area contributed by atoms with Crippen molar-refractivity contribution in [2.24, 2.45) is 0 Å². The Morgan fingerprint density at radius 3 is 0.796 bits per heavy atom. The van der Waals surface area contributed by atoms with E-state index < -0.39 is 40.2 Å². The SMILES string of the molecule is O=C(Oc1ccc([S+](c2ccc(OC(=O)c3ccc(-c4ccccc4)cc3)cc2)c2ccc3c(c2)C(c2ccc(OC(=O)c4ccc(-c5ccccc5)cc4)cc2)(c2ccc(OC(=O)c4ccc(-c5ccccc5)cc4)cc2)c2ccccc2-3)cc1)c1ccc(-c2ccccc2)cc1. The Morgan fingerprint density at radius 2 is 0.480 bits per heavy atom. The summed E-state index contributed by atoms with van der Waals surface area (Å²) in [6, 6.07) is 115. The largest absolute Gasteiger partial charge is 0.423 e. The van der Waals surface area contributed by atoms with E-state index in [-0.39, 0.29) is 0 Å². The van der Waals surface area contributed by atoms with Crippen LogP contribution in [0, 0.1) is 0 Å². The van der Waals surface area contributed by atoms with Crippen LogP contribution in [0.15, 0.2) is 373 Å². The molecule has 0 saturated carbocycles. The highest BCUT2D eigenvalue weighted by molar-refractivity contribution is 7.97. The van der Waals surface area contributed by atoms with Gasteiger partial charge in [0.15, 0.2) is 14.7 Å². The first-order valence-electron chi connectivity index (χ1n) is 32.1. The van der Waals surface area contributed by atoms with Crippen LogP contribution in [0.25, 0.3) is 55.6 Å². The molecule has 15 rings (SSSR count). The highest BCUT2D eigenvalue weighted by atomic mass is 32.2. The fraction of sp³-hybridized carbons (Fsp3) is 0.0112. The zero-order valence-electron chi connectivity index (χ0n) is 52.7. The first-order chi connectivity index (χ1) is 48.2. The molecule has 0 aromatic heterocycles. The van der Waals surface area contributed by atoms with Gasteiger partial charge in [0.1, 0.15) is 23.0 Å². The second-order valence-electron chi connectivity index (χ2n) is 23.6. The number of rotatable bonds is 17. The predicted octanol–water partition coefficient (Wildman–Crippen LogP) is 20.7. The number of carbonyl (C=O) groups excluding carboxylic acids is 4. The Kier molecular flexibility index (Phi) is 17.2. The number of hydrogen-bond donors (Lipinski definition) is 0. The van der Waals surface area contributed by atoms with Gasteiger partial charge >= 0.3 is 23.9 Å². The topological polar surface area (TPSA) is 105 Å². The summed E-state index contributed by atoms with van der Waals surface area (Å²) in [4.78, 5) is 58.0. The fourth-order valence-electron chi connectivity index (χ4n) is 12.8. The van der Waals surface area contributed by atoms with Crippen LogP contribution in [0.2, 0.25) is 0 Å². The number of carbonyl (C=O) groups is 4. The van der Waals surface area contributed by atoms with E-state index in [1.807, 2.05) is 279 Å². The van der Waals surface area contributed by atoms with Gasteiger partial charge < -0.3 is 18.9 Å². The van der Waals surface area contributed by atoms with Gasteiger partial charge in [0.05, 0.1) is 38.6 Å². The van der Waals surface area contributed by atoms with E-state index in [4.69, 9.17) is 18.9 Å². The van der Waals surface area contributed by atoms with Gasteiger partial charge in [0.25, 0.3) is 0 Å². The van der Waals surface area contributed by atoms with E-state index in [1.165, 1.54) is 0 Å². The van der Waals surface area contributed by atoms with Crippen molar-refractivity contribution in [3.8, 4) is 78.6 Å². The van der Waals surface area contributed by atoms with Gasteiger partial charge in [0, 0.05) is 0 Å². The second-order valence-corrected chi connectivity index (χ2v) is 25.7. The maximum Gasteiger partial charge on any atom is 0.343 e. The lowest BCUT2D eigenvalue weighted by atomic mass is 9.67. The normalized spacial score (nSPS) is 11.8. The summed E-state index contributed by atoms with van der Waals surface area (Å²) in [6.07, 6.45) is 0. The van der Waals surface area contributed by atoms with Gasteiger partial charge in [-0.2, -0.15) is 0 Å². The second kappa shape index (κ2) is 27.3.